The van der Waals surface area contributed by atoms with Gasteiger partial charge in [0.25, 0.3) is 0 Å². The van der Waals surface area contributed by atoms with Gasteiger partial charge >= 0.3 is 0 Å². The molecule has 4 heteroatoms. The Hall–Kier alpha value is -1.99. The SMILES string of the molecule is COc1cccc(C(C#N)Nc2ccccc2Br)c1. The highest BCUT2D eigenvalue weighted by Gasteiger charge is 2.12. The average Bonchev–Trinajstić information content (AvgIpc) is 2.46. The van der Waals surface area contributed by atoms with Crippen LogP contribution >= 0.6 is 15.9 Å². The molecule has 0 aliphatic rings. The molecule has 0 radical (unpaired) electrons. The lowest BCUT2D eigenvalue weighted by molar-refractivity contribution is 0.414. The summed E-state index contributed by atoms with van der Waals surface area (Å²) >= 11 is 3.46. The lowest BCUT2D eigenvalue weighted by atomic mass is 10.1. The fourth-order valence-electron chi connectivity index (χ4n) is 1.74. The molecule has 0 aliphatic carbocycles. The third kappa shape index (κ3) is 3.27. The first-order valence-electron chi connectivity index (χ1n) is 5.79. The summed E-state index contributed by atoms with van der Waals surface area (Å²) in [5.41, 5.74) is 1.76. The first-order chi connectivity index (χ1) is 9.24. The monoisotopic (exact) mass is 316 g/mol. The smallest absolute Gasteiger partial charge is 0.140 e. The van der Waals surface area contributed by atoms with Crippen molar-refractivity contribution in [2.75, 3.05) is 12.4 Å². The van der Waals surface area contributed by atoms with Gasteiger partial charge in [-0.05, 0) is 45.8 Å². The van der Waals surface area contributed by atoms with Crippen LogP contribution < -0.4 is 10.1 Å². The summed E-state index contributed by atoms with van der Waals surface area (Å²) in [5, 5.41) is 12.5. The van der Waals surface area contributed by atoms with Gasteiger partial charge in [0.15, 0.2) is 0 Å². The maximum absolute atomic E-state index is 9.33. The van der Waals surface area contributed by atoms with E-state index in [0.29, 0.717) is 0 Å². The van der Waals surface area contributed by atoms with Gasteiger partial charge in [-0.2, -0.15) is 5.26 Å². The zero-order valence-corrected chi connectivity index (χ0v) is 12.0. The lowest BCUT2D eigenvalue weighted by Crippen LogP contribution is -2.08. The van der Waals surface area contributed by atoms with Gasteiger partial charge in [0.2, 0.25) is 0 Å². The van der Waals surface area contributed by atoms with Crippen molar-refractivity contribution in [1.29, 1.82) is 5.26 Å². The summed E-state index contributed by atoms with van der Waals surface area (Å²) in [5.74, 6) is 0.742. The number of nitrogens with zero attached hydrogens (tertiary/aromatic N) is 1. The van der Waals surface area contributed by atoms with E-state index in [0.717, 1.165) is 21.5 Å². The molecule has 0 aliphatic heterocycles. The number of nitriles is 1. The molecule has 0 bridgehead atoms. The number of hydrogen-bond acceptors (Lipinski definition) is 3. The molecular formula is C15H13BrN2O. The lowest BCUT2D eigenvalue weighted by Gasteiger charge is -2.15. The predicted molar refractivity (Wildman–Crippen MR) is 79.1 cm³/mol. The Balaban J connectivity index is 2.26. The van der Waals surface area contributed by atoms with Crippen molar-refractivity contribution in [3.63, 3.8) is 0 Å². The van der Waals surface area contributed by atoms with E-state index < -0.39 is 6.04 Å². The van der Waals surface area contributed by atoms with E-state index in [1.54, 1.807) is 7.11 Å². The van der Waals surface area contributed by atoms with Crippen molar-refractivity contribution in [2.24, 2.45) is 0 Å². The Bertz CT molecular complexity index is 607. The number of benzene rings is 2. The summed E-state index contributed by atoms with van der Waals surface area (Å²) < 4.78 is 6.11. The Kier molecular flexibility index (Phi) is 4.43. The quantitative estimate of drug-likeness (QED) is 0.922. The van der Waals surface area contributed by atoms with E-state index in [-0.39, 0.29) is 0 Å². The van der Waals surface area contributed by atoms with Gasteiger partial charge in [0.05, 0.1) is 13.2 Å². The largest absolute Gasteiger partial charge is 0.497 e. The van der Waals surface area contributed by atoms with Crippen molar-refractivity contribution in [1.82, 2.24) is 0 Å². The average molecular weight is 317 g/mol. The molecule has 19 heavy (non-hydrogen) atoms. The standard InChI is InChI=1S/C15H13BrN2O/c1-19-12-6-4-5-11(9-12)15(10-17)18-14-8-3-2-7-13(14)16/h2-9,15,18H,1H3. The Labute approximate surface area is 121 Å². The van der Waals surface area contributed by atoms with Crippen LogP contribution in [0, 0.1) is 11.3 Å². The topological polar surface area (TPSA) is 45.0 Å². The van der Waals surface area contributed by atoms with Crippen LogP contribution in [0.25, 0.3) is 0 Å². The van der Waals surface area contributed by atoms with E-state index in [2.05, 4.69) is 27.3 Å². The molecule has 0 fully saturated rings. The number of hydrogen-bond donors (Lipinski definition) is 1. The van der Waals surface area contributed by atoms with E-state index in [1.165, 1.54) is 0 Å². The molecule has 0 aromatic heterocycles. The highest BCUT2D eigenvalue weighted by molar-refractivity contribution is 9.10. The molecule has 1 N–H and O–H groups in total. The minimum atomic E-state index is -0.422. The van der Waals surface area contributed by atoms with Crippen LogP contribution in [-0.2, 0) is 0 Å². The predicted octanol–water partition coefficient (Wildman–Crippen LogP) is 4.13. The molecule has 1 atom stereocenters. The van der Waals surface area contributed by atoms with Crippen LogP contribution in [0.4, 0.5) is 5.69 Å². The molecule has 0 amide bonds. The molecule has 1 unspecified atom stereocenters. The number of methoxy groups -OCH3 is 1. The van der Waals surface area contributed by atoms with E-state index in [9.17, 15) is 5.26 Å². The maximum atomic E-state index is 9.33. The first-order valence-corrected chi connectivity index (χ1v) is 6.58. The summed E-state index contributed by atoms with van der Waals surface area (Å²) in [7, 11) is 1.61. The second kappa shape index (κ2) is 6.26. The number of rotatable bonds is 4. The minimum absolute atomic E-state index is 0.422. The Morgan fingerprint density at radius 3 is 2.68 bits per heavy atom. The van der Waals surface area contributed by atoms with Crippen LogP contribution in [0.2, 0.25) is 0 Å². The molecule has 2 aromatic rings. The molecule has 0 spiro atoms. The van der Waals surface area contributed by atoms with Crippen LogP contribution in [0.1, 0.15) is 11.6 Å². The van der Waals surface area contributed by atoms with E-state index in [4.69, 9.17) is 4.74 Å². The molecule has 2 aromatic carbocycles. The van der Waals surface area contributed by atoms with Gasteiger partial charge in [0, 0.05) is 10.2 Å². The number of ether oxygens (including phenoxy) is 1. The van der Waals surface area contributed by atoms with Gasteiger partial charge in [-0.25, -0.2) is 0 Å². The summed E-state index contributed by atoms with van der Waals surface area (Å²) in [6.07, 6.45) is 0. The van der Waals surface area contributed by atoms with Gasteiger partial charge < -0.3 is 10.1 Å². The molecule has 0 saturated carbocycles. The highest BCUT2D eigenvalue weighted by atomic mass is 79.9. The van der Waals surface area contributed by atoms with Gasteiger partial charge in [-0.15, -0.1) is 0 Å². The second-order valence-electron chi connectivity index (χ2n) is 3.96. The number of anilines is 1. The van der Waals surface area contributed by atoms with Crippen molar-refractivity contribution in [3.8, 4) is 11.8 Å². The number of nitrogens with one attached hydrogen (secondary N) is 1. The molecule has 2 rings (SSSR count). The van der Waals surface area contributed by atoms with Crippen LogP contribution in [0.3, 0.4) is 0 Å². The summed E-state index contributed by atoms with van der Waals surface area (Å²) in [4.78, 5) is 0. The van der Waals surface area contributed by atoms with Crippen molar-refractivity contribution >= 4 is 21.6 Å². The zero-order chi connectivity index (χ0) is 13.7. The van der Waals surface area contributed by atoms with Crippen molar-refractivity contribution in [2.45, 2.75) is 6.04 Å². The molecular weight excluding hydrogens is 304 g/mol. The number of halogens is 1. The molecule has 3 nitrogen and oxygen atoms in total. The maximum Gasteiger partial charge on any atom is 0.140 e. The fraction of sp³-hybridized carbons (Fsp3) is 0.133. The van der Waals surface area contributed by atoms with Crippen LogP contribution in [0.15, 0.2) is 53.0 Å². The number of para-hydroxylation sites is 1. The summed E-state index contributed by atoms with van der Waals surface area (Å²) in [6.45, 7) is 0. The summed E-state index contributed by atoms with van der Waals surface area (Å²) in [6, 6.07) is 17.0. The van der Waals surface area contributed by atoms with Crippen molar-refractivity contribution in [3.05, 3.63) is 58.6 Å². The van der Waals surface area contributed by atoms with Gasteiger partial charge in [-0.1, -0.05) is 24.3 Å². The van der Waals surface area contributed by atoms with Crippen molar-refractivity contribution < 1.29 is 4.74 Å². The Morgan fingerprint density at radius 1 is 1.21 bits per heavy atom. The third-order valence-electron chi connectivity index (χ3n) is 2.73. The van der Waals surface area contributed by atoms with E-state index >= 15 is 0 Å². The minimum Gasteiger partial charge on any atom is -0.497 e. The van der Waals surface area contributed by atoms with Gasteiger partial charge in [0.1, 0.15) is 11.8 Å². The highest BCUT2D eigenvalue weighted by Crippen LogP contribution is 2.27. The zero-order valence-electron chi connectivity index (χ0n) is 10.4. The Morgan fingerprint density at radius 2 is 2.00 bits per heavy atom. The molecule has 0 saturated heterocycles. The normalized spacial score (nSPS) is 11.4. The molecule has 96 valence electrons. The first kappa shape index (κ1) is 13.4. The fourth-order valence-corrected chi connectivity index (χ4v) is 2.14. The molecule has 0 heterocycles. The van der Waals surface area contributed by atoms with Crippen LogP contribution in [0.5, 0.6) is 5.75 Å². The van der Waals surface area contributed by atoms with Crippen LogP contribution in [-0.4, -0.2) is 7.11 Å². The van der Waals surface area contributed by atoms with E-state index in [1.807, 2.05) is 48.5 Å². The van der Waals surface area contributed by atoms with Gasteiger partial charge in [-0.3, -0.25) is 0 Å². The third-order valence-corrected chi connectivity index (χ3v) is 3.42. The second-order valence-corrected chi connectivity index (χ2v) is 4.82.